The number of benzene rings is 1. The number of amides is 3. The molecule has 3 amide bonds. The number of carbonyl (C=O) groups is 3. The van der Waals surface area contributed by atoms with Crippen molar-refractivity contribution in [2.45, 2.75) is 19.8 Å². The van der Waals surface area contributed by atoms with Gasteiger partial charge in [0.05, 0.1) is 0 Å². The van der Waals surface area contributed by atoms with Crippen LogP contribution in [0, 0.1) is 0 Å². The van der Waals surface area contributed by atoms with Gasteiger partial charge >= 0.3 is 12.0 Å². The molecule has 7 heteroatoms. The predicted molar refractivity (Wildman–Crippen MR) is 77.9 cm³/mol. The largest absolute Gasteiger partial charge is 0.481 e. The summed E-state index contributed by atoms with van der Waals surface area (Å²) < 4.78 is 0. The fourth-order valence-electron chi connectivity index (χ4n) is 1.81. The number of aryl methyl sites for hydroxylation is 1. The second kappa shape index (κ2) is 7.88. The quantitative estimate of drug-likeness (QED) is 0.697. The molecular formula is C14H19N3O4. The molecule has 1 aromatic carbocycles. The van der Waals surface area contributed by atoms with Crippen LogP contribution in [0.5, 0.6) is 0 Å². The Morgan fingerprint density at radius 2 is 1.95 bits per heavy atom. The molecule has 0 aromatic heterocycles. The van der Waals surface area contributed by atoms with Crippen molar-refractivity contribution in [3.05, 3.63) is 29.8 Å². The Bertz CT molecular complexity index is 531. The summed E-state index contributed by atoms with van der Waals surface area (Å²) in [5.41, 5.74) is 6.34. The summed E-state index contributed by atoms with van der Waals surface area (Å²) >= 11 is 0. The first-order valence-electron chi connectivity index (χ1n) is 6.58. The zero-order chi connectivity index (χ0) is 15.8. The van der Waals surface area contributed by atoms with Gasteiger partial charge in [-0.05, 0) is 25.0 Å². The molecule has 4 N–H and O–H groups in total. The summed E-state index contributed by atoms with van der Waals surface area (Å²) in [6.07, 6.45) is 0.291. The van der Waals surface area contributed by atoms with E-state index in [1.165, 1.54) is 4.90 Å². The van der Waals surface area contributed by atoms with Crippen LogP contribution in [0.2, 0.25) is 0 Å². The molecule has 7 nitrogen and oxygen atoms in total. The first-order valence-corrected chi connectivity index (χ1v) is 6.58. The average molecular weight is 293 g/mol. The highest BCUT2D eigenvalue weighted by atomic mass is 16.4. The van der Waals surface area contributed by atoms with Crippen molar-refractivity contribution in [3.8, 4) is 0 Å². The smallest absolute Gasteiger partial charge is 0.322 e. The van der Waals surface area contributed by atoms with Crippen molar-refractivity contribution in [2.24, 2.45) is 5.73 Å². The molecule has 21 heavy (non-hydrogen) atoms. The standard InChI is InChI=1S/C14H19N3O4/c1-2-17(9-12(15)18)14(21)16-11-6-4-3-5-10(11)7-8-13(19)20/h3-6H,2,7-9H2,1H3,(H2,15,18)(H,16,21)(H,19,20). The molecular weight excluding hydrogens is 274 g/mol. The Hall–Kier alpha value is -2.57. The van der Waals surface area contributed by atoms with Crippen molar-refractivity contribution in [1.82, 2.24) is 4.90 Å². The number of nitrogens with zero attached hydrogens (tertiary/aromatic N) is 1. The average Bonchev–Trinajstić information content (AvgIpc) is 2.43. The van der Waals surface area contributed by atoms with Crippen LogP contribution in [-0.4, -0.2) is 41.0 Å². The first kappa shape index (κ1) is 16.5. The van der Waals surface area contributed by atoms with Crippen LogP contribution < -0.4 is 11.1 Å². The van der Waals surface area contributed by atoms with E-state index in [2.05, 4.69) is 5.32 Å². The van der Waals surface area contributed by atoms with Gasteiger partial charge in [-0.15, -0.1) is 0 Å². The van der Waals surface area contributed by atoms with Crippen LogP contribution in [0.1, 0.15) is 18.9 Å². The summed E-state index contributed by atoms with van der Waals surface area (Å²) in [5.74, 6) is -1.49. The van der Waals surface area contributed by atoms with E-state index in [0.29, 0.717) is 18.7 Å². The summed E-state index contributed by atoms with van der Waals surface area (Å²) in [7, 11) is 0. The minimum absolute atomic E-state index is 0.0222. The zero-order valence-electron chi connectivity index (χ0n) is 11.8. The van der Waals surface area contributed by atoms with Crippen molar-refractivity contribution in [2.75, 3.05) is 18.4 Å². The number of aliphatic carboxylic acids is 1. The Morgan fingerprint density at radius 3 is 2.52 bits per heavy atom. The summed E-state index contributed by atoms with van der Waals surface area (Å²) in [6, 6.07) is 6.51. The van der Waals surface area contributed by atoms with Gasteiger partial charge in [0.15, 0.2) is 0 Å². The van der Waals surface area contributed by atoms with Crippen LogP contribution in [0.3, 0.4) is 0 Å². The zero-order valence-corrected chi connectivity index (χ0v) is 11.8. The summed E-state index contributed by atoms with van der Waals surface area (Å²) in [4.78, 5) is 34.9. The number of carbonyl (C=O) groups excluding carboxylic acids is 2. The molecule has 0 radical (unpaired) electrons. The van der Waals surface area contributed by atoms with Gasteiger partial charge in [0.2, 0.25) is 5.91 Å². The number of rotatable bonds is 7. The maximum absolute atomic E-state index is 12.1. The third-order valence-corrected chi connectivity index (χ3v) is 2.88. The first-order chi connectivity index (χ1) is 9.93. The molecule has 0 aliphatic heterocycles. The van der Waals surface area contributed by atoms with Gasteiger partial charge in [-0.3, -0.25) is 9.59 Å². The number of anilines is 1. The molecule has 114 valence electrons. The third-order valence-electron chi connectivity index (χ3n) is 2.88. The number of urea groups is 1. The SMILES string of the molecule is CCN(CC(N)=O)C(=O)Nc1ccccc1CCC(=O)O. The van der Waals surface area contributed by atoms with Gasteiger partial charge in [-0.1, -0.05) is 18.2 Å². The maximum Gasteiger partial charge on any atom is 0.322 e. The van der Waals surface area contributed by atoms with Crippen molar-refractivity contribution < 1.29 is 19.5 Å². The van der Waals surface area contributed by atoms with Gasteiger partial charge in [0.25, 0.3) is 0 Å². The van der Waals surface area contributed by atoms with Gasteiger partial charge < -0.3 is 21.1 Å². The highest BCUT2D eigenvalue weighted by Crippen LogP contribution is 2.17. The molecule has 0 fully saturated rings. The van der Waals surface area contributed by atoms with E-state index in [4.69, 9.17) is 10.8 Å². The second-order valence-corrected chi connectivity index (χ2v) is 4.46. The van der Waals surface area contributed by atoms with Crippen molar-refractivity contribution in [1.29, 1.82) is 0 Å². The van der Waals surface area contributed by atoms with Crippen molar-refractivity contribution in [3.63, 3.8) is 0 Å². The molecule has 0 heterocycles. The lowest BCUT2D eigenvalue weighted by Crippen LogP contribution is -2.40. The number of carboxylic acids is 1. The number of nitrogens with two attached hydrogens (primary N) is 1. The lowest BCUT2D eigenvalue weighted by atomic mass is 10.1. The highest BCUT2D eigenvalue weighted by Gasteiger charge is 2.15. The lowest BCUT2D eigenvalue weighted by Gasteiger charge is -2.20. The molecule has 0 bridgehead atoms. The molecule has 0 saturated heterocycles. The van der Waals surface area contributed by atoms with Crippen molar-refractivity contribution >= 4 is 23.6 Å². The maximum atomic E-state index is 12.1. The van der Waals surface area contributed by atoms with E-state index in [1.807, 2.05) is 0 Å². The van der Waals surface area contributed by atoms with E-state index in [0.717, 1.165) is 5.56 Å². The van der Waals surface area contributed by atoms with E-state index < -0.39 is 17.9 Å². The van der Waals surface area contributed by atoms with Gasteiger partial charge in [0.1, 0.15) is 6.54 Å². The Morgan fingerprint density at radius 1 is 1.29 bits per heavy atom. The third kappa shape index (κ3) is 5.52. The van der Waals surface area contributed by atoms with Crippen LogP contribution >= 0.6 is 0 Å². The molecule has 0 aliphatic rings. The minimum Gasteiger partial charge on any atom is -0.481 e. The molecule has 1 rings (SSSR count). The summed E-state index contributed by atoms with van der Waals surface area (Å²) in [5, 5.41) is 11.4. The monoisotopic (exact) mass is 293 g/mol. The van der Waals surface area contributed by atoms with E-state index in [-0.39, 0.29) is 13.0 Å². The Kier molecular flexibility index (Phi) is 6.19. The summed E-state index contributed by atoms with van der Waals surface area (Å²) in [6.45, 7) is 1.91. The number of carboxylic acid groups (broad SMARTS) is 1. The highest BCUT2D eigenvalue weighted by molar-refractivity contribution is 5.92. The molecule has 1 aromatic rings. The topological polar surface area (TPSA) is 113 Å². The van der Waals surface area contributed by atoms with Gasteiger partial charge in [-0.2, -0.15) is 0 Å². The van der Waals surface area contributed by atoms with Crippen LogP contribution in [-0.2, 0) is 16.0 Å². The molecule has 0 unspecified atom stereocenters. The normalized spacial score (nSPS) is 9.95. The minimum atomic E-state index is -0.903. The van der Waals surface area contributed by atoms with E-state index >= 15 is 0 Å². The second-order valence-electron chi connectivity index (χ2n) is 4.46. The fourth-order valence-corrected chi connectivity index (χ4v) is 1.81. The van der Waals surface area contributed by atoms with Gasteiger partial charge in [0, 0.05) is 18.7 Å². The predicted octanol–water partition coefficient (Wildman–Crippen LogP) is 1.04. The molecule has 0 atom stereocenters. The number of likely N-dealkylation sites (N-methyl/N-ethyl adjacent to an activating group) is 1. The molecule has 0 spiro atoms. The van der Waals surface area contributed by atoms with Crippen LogP contribution in [0.25, 0.3) is 0 Å². The number of hydrogen-bond donors (Lipinski definition) is 3. The molecule has 0 aliphatic carbocycles. The number of nitrogens with one attached hydrogen (secondary N) is 1. The number of para-hydroxylation sites is 1. The Labute approximate surface area is 122 Å². The fraction of sp³-hybridized carbons (Fsp3) is 0.357. The number of hydrogen-bond acceptors (Lipinski definition) is 3. The number of primary amides is 1. The molecule has 0 saturated carbocycles. The Balaban J connectivity index is 2.79. The lowest BCUT2D eigenvalue weighted by molar-refractivity contribution is -0.137. The van der Waals surface area contributed by atoms with Crippen LogP contribution in [0.4, 0.5) is 10.5 Å². The van der Waals surface area contributed by atoms with E-state index in [1.54, 1.807) is 31.2 Å². The van der Waals surface area contributed by atoms with Crippen LogP contribution in [0.15, 0.2) is 24.3 Å². The van der Waals surface area contributed by atoms with E-state index in [9.17, 15) is 14.4 Å². The van der Waals surface area contributed by atoms with Gasteiger partial charge in [-0.25, -0.2) is 4.79 Å².